The van der Waals surface area contributed by atoms with Crippen LogP contribution in [0.2, 0.25) is 0 Å². The highest BCUT2D eigenvalue weighted by molar-refractivity contribution is 7.17. The number of nitrogens with zero attached hydrogens (tertiary/aromatic N) is 3. The van der Waals surface area contributed by atoms with Crippen LogP contribution in [-0.4, -0.2) is 83.3 Å². The summed E-state index contributed by atoms with van der Waals surface area (Å²) in [4.78, 5) is 47.3. The molecule has 2 amide bonds. The maximum Gasteiger partial charge on any atom is 0.434 e. The van der Waals surface area contributed by atoms with E-state index in [0.717, 1.165) is 35.9 Å². The predicted octanol–water partition coefficient (Wildman–Crippen LogP) is 3.50. The van der Waals surface area contributed by atoms with Crippen LogP contribution >= 0.6 is 11.3 Å². The predicted molar refractivity (Wildman–Crippen MR) is 125 cm³/mol. The Morgan fingerprint density at radius 2 is 1.76 bits per heavy atom. The number of nitrogens with one attached hydrogen (secondary N) is 2. The van der Waals surface area contributed by atoms with Crippen molar-refractivity contribution in [2.45, 2.75) is 18.5 Å². The summed E-state index contributed by atoms with van der Waals surface area (Å²) < 4.78 is 84.1. The van der Waals surface area contributed by atoms with Gasteiger partial charge in [-0.2, -0.15) is 26.3 Å². The van der Waals surface area contributed by atoms with E-state index in [2.05, 4.69) is 20.0 Å². The first-order chi connectivity index (χ1) is 17.8. The van der Waals surface area contributed by atoms with Crippen LogP contribution in [0, 0.1) is 0 Å². The Morgan fingerprint density at radius 3 is 2.39 bits per heavy atom. The van der Waals surface area contributed by atoms with Crippen molar-refractivity contribution in [1.29, 1.82) is 0 Å². The number of fused-ring (bicyclic) bond motifs is 1. The number of H-pyrrole nitrogens is 1. The molecule has 3 heterocycles. The molecule has 204 valence electrons. The van der Waals surface area contributed by atoms with Crippen molar-refractivity contribution in [3.05, 3.63) is 51.4 Å². The number of hydrogen-bond acceptors (Lipinski definition) is 7. The lowest BCUT2D eigenvalue weighted by molar-refractivity contribution is -0.299. The fourth-order valence-electron chi connectivity index (χ4n) is 3.71. The second kappa shape index (κ2) is 10.2. The zero-order chi connectivity index (χ0) is 27.8. The maximum atomic E-state index is 13.3. The number of carbonyl (C=O) groups excluding carboxylic acids is 2. The third kappa shape index (κ3) is 5.75. The number of aromatic nitrogens is 2. The fraction of sp³-hybridized carbons (Fsp3) is 0.364. The van der Waals surface area contributed by atoms with Gasteiger partial charge in [-0.15, -0.1) is 11.3 Å². The average molecular weight is 563 g/mol. The van der Waals surface area contributed by atoms with E-state index in [9.17, 15) is 40.7 Å². The van der Waals surface area contributed by atoms with Crippen molar-refractivity contribution in [1.82, 2.24) is 19.8 Å². The minimum absolute atomic E-state index is 0.0101. The van der Waals surface area contributed by atoms with E-state index in [4.69, 9.17) is 0 Å². The summed E-state index contributed by atoms with van der Waals surface area (Å²) in [6.45, 7) is 1.65. The minimum atomic E-state index is -5.84. The summed E-state index contributed by atoms with van der Waals surface area (Å²) in [5, 5.41) is 3.47. The molecule has 0 spiro atoms. The van der Waals surface area contributed by atoms with Crippen molar-refractivity contribution < 1.29 is 40.7 Å². The highest BCUT2D eigenvalue weighted by Gasteiger charge is 2.59. The second-order valence-electron chi connectivity index (χ2n) is 8.40. The molecule has 0 aliphatic carbocycles. The van der Waals surface area contributed by atoms with Crippen LogP contribution in [-0.2, 0) is 0 Å². The molecule has 1 fully saturated rings. The monoisotopic (exact) mass is 563 g/mol. The number of thiophene rings is 1. The number of amides is 2. The number of benzene rings is 1. The number of likely N-dealkylation sites (N-methyl/N-ethyl adjacent to an activating group) is 1. The lowest BCUT2D eigenvalue weighted by Gasteiger charge is -2.32. The van der Waals surface area contributed by atoms with Crippen LogP contribution in [0.3, 0.4) is 0 Å². The van der Waals surface area contributed by atoms with Crippen molar-refractivity contribution >= 4 is 39.1 Å². The van der Waals surface area contributed by atoms with Crippen molar-refractivity contribution in [3.8, 4) is 5.75 Å². The Bertz CT molecular complexity index is 1400. The lowest BCUT2D eigenvalue weighted by atomic mass is 10.1. The van der Waals surface area contributed by atoms with Crippen molar-refractivity contribution in [3.63, 3.8) is 0 Å². The summed E-state index contributed by atoms with van der Waals surface area (Å²) in [7, 11) is 1.84. The van der Waals surface area contributed by atoms with Crippen LogP contribution in [0.5, 0.6) is 5.75 Å². The van der Waals surface area contributed by atoms with Crippen LogP contribution < -0.4 is 15.6 Å². The van der Waals surface area contributed by atoms with E-state index in [-0.39, 0.29) is 21.3 Å². The van der Waals surface area contributed by atoms with E-state index in [1.54, 1.807) is 0 Å². The van der Waals surface area contributed by atoms with E-state index < -0.39 is 47.3 Å². The SMILES string of the molecule is CN1CCN(C(=O)c2ccc(NC(=O)c3csc4c(=O)[nH]cnc34)c(OC(C(F)(F)F)C(F)(F)F)c2)CC1. The molecule has 16 heteroatoms. The van der Waals surface area contributed by atoms with Crippen LogP contribution in [0.1, 0.15) is 20.7 Å². The van der Waals surface area contributed by atoms with Gasteiger partial charge in [-0.25, -0.2) is 4.98 Å². The van der Waals surface area contributed by atoms with Gasteiger partial charge < -0.3 is 24.8 Å². The molecule has 9 nitrogen and oxygen atoms in total. The molecule has 0 bridgehead atoms. The normalized spacial score (nSPS) is 15.2. The molecular formula is C22H19F6N5O4S. The first-order valence-electron chi connectivity index (χ1n) is 10.9. The lowest BCUT2D eigenvalue weighted by Crippen LogP contribution is -2.47. The Kier molecular flexibility index (Phi) is 7.38. The van der Waals surface area contributed by atoms with Gasteiger partial charge >= 0.3 is 12.4 Å². The largest absolute Gasteiger partial charge is 0.469 e. The molecule has 0 saturated carbocycles. The summed E-state index contributed by atoms with van der Waals surface area (Å²) in [5.74, 6) is -2.60. The number of halogens is 6. The maximum absolute atomic E-state index is 13.3. The molecule has 0 radical (unpaired) electrons. The molecule has 38 heavy (non-hydrogen) atoms. The number of ether oxygens (including phenoxy) is 1. The van der Waals surface area contributed by atoms with Gasteiger partial charge in [0.1, 0.15) is 16.0 Å². The minimum Gasteiger partial charge on any atom is -0.469 e. The second-order valence-corrected chi connectivity index (χ2v) is 9.28. The summed E-state index contributed by atoms with van der Waals surface area (Å²) >= 11 is 0.874. The molecule has 1 aliphatic heterocycles. The molecule has 1 saturated heterocycles. The van der Waals surface area contributed by atoms with Gasteiger partial charge in [-0.1, -0.05) is 0 Å². The van der Waals surface area contributed by atoms with Gasteiger partial charge in [0.05, 0.1) is 17.6 Å². The first-order valence-corrected chi connectivity index (χ1v) is 11.8. The summed E-state index contributed by atoms with van der Waals surface area (Å²) in [6.07, 6.45) is -14.9. The Balaban J connectivity index is 1.70. The van der Waals surface area contributed by atoms with Gasteiger partial charge in [0.15, 0.2) is 0 Å². The number of rotatable bonds is 5. The molecule has 0 atom stereocenters. The fourth-order valence-corrected chi connectivity index (χ4v) is 4.60. The Labute approximate surface area is 214 Å². The third-order valence-corrected chi connectivity index (χ3v) is 6.68. The van der Waals surface area contributed by atoms with E-state index in [0.29, 0.717) is 26.2 Å². The number of aromatic amines is 1. The van der Waals surface area contributed by atoms with Crippen LogP contribution in [0.15, 0.2) is 34.7 Å². The van der Waals surface area contributed by atoms with Gasteiger partial charge in [-0.05, 0) is 25.2 Å². The third-order valence-electron chi connectivity index (χ3n) is 5.71. The molecule has 1 aliphatic rings. The summed E-state index contributed by atoms with van der Waals surface area (Å²) in [6, 6.07) is 2.87. The van der Waals surface area contributed by atoms with Gasteiger partial charge in [-0.3, -0.25) is 14.4 Å². The summed E-state index contributed by atoms with van der Waals surface area (Å²) in [5.41, 5.74) is -1.45. The topological polar surface area (TPSA) is 108 Å². The van der Waals surface area contributed by atoms with Gasteiger partial charge in [0.2, 0.25) is 0 Å². The molecule has 2 aromatic heterocycles. The molecule has 0 unspecified atom stereocenters. The average Bonchev–Trinajstić information content (AvgIpc) is 3.27. The zero-order valence-corrected chi connectivity index (χ0v) is 20.3. The number of anilines is 1. The van der Waals surface area contributed by atoms with Crippen LogP contribution in [0.4, 0.5) is 32.0 Å². The van der Waals surface area contributed by atoms with Gasteiger partial charge in [0, 0.05) is 37.1 Å². The number of piperazine rings is 1. The quantitative estimate of drug-likeness (QED) is 0.461. The van der Waals surface area contributed by atoms with E-state index in [1.807, 2.05) is 11.9 Å². The molecule has 4 rings (SSSR count). The van der Waals surface area contributed by atoms with Gasteiger partial charge in [0.25, 0.3) is 23.5 Å². The number of carbonyl (C=O) groups is 2. The molecule has 3 aromatic rings. The van der Waals surface area contributed by atoms with E-state index >= 15 is 0 Å². The standard InChI is InChI=1S/C22H19F6N5O4S/c1-32-4-6-33(7-5-32)19(36)11-2-3-13(14(8-11)37-20(21(23,24)25)22(26,27)28)31-17(34)12-9-38-16-15(12)29-10-30-18(16)35/h2-3,8-10,20H,4-7H2,1H3,(H,31,34)(H,29,30,35). The smallest absolute Gasteiger partial charge is 0.434 e. The number of alkyl halides is 6. The van der Waals surface area contributed by atoms with Crippen molar-refractivity contribution in [2.24, 2.45) is 0 Å². The molecular weight excluding hydrogens is 544 g/mol. The highest BCUT2D eigenvalue weighted by Crippen LogP contribution is 2.39. The van der Waals surface area contributed by atoms with E-state index in [1.165, 1.54) is 10.3 Å². The highest BCUT2D eigenvalue weighted by atomic mass is 32.1. The van der Waals surface area contributed by atoms with Crippen LogP contribution in [0.25, 0.3) is 10.2 Å². The number of hydrogen-bond donors (Lipinski definition) is 2. The zero-order valence-electron chi connectivity index (χ0n) is 19.4. The van der Waals surface area contributed by atoms with Crippen molar-refractivity contribution in [2.75, 3.05) is 38.5 Å². The Morgan fingerprint density at radius 1 is 1.11 bits per heavy atom. The molecule has 1 aromatic carbocycles. The first kappa shape index (κ1) is 27.4. The Hall–Kier alpha value is -3.66. The molecule has 2 N–H and O–H groups in total.